The van der Waals surface area contributed by atoms with Crippen molar-refractivity contribution in [1.29, 1.82) is 0 Å². The summed E-state index contributed by atoms with van der Waals surface area (Å²) in [6, 6.07) is 15.5. The van der Waals surface area contributed by atoms with Crippen LogP contribution in [0, 0.1) is 13.8 Å². The van der Waals surface area contributed by atoms with Gasteiger partial charge in [-0.2, -0.15) is 0 Å². The first kappa shape index (κ1) is 17.7. The number of nitrogens with one attached hydrogen (secondary N) is 1. The maximum absolute atomic E-state index is 13.4. The summed E-state index contributed by atoms with van der Waals surface area (Å²) in [5.74, 6) is 0.683. The highest BCUT2D eigenvalue weighted by Gasteiger charge is 2.41. The molecule has 1 aliphatic heterocycles. The molecule has 0 fully saturated rings. The second kappa shape index (κ2) is 6.62. The zero-order valence-electron chi connectivity index (χ0n) is 16.4. The third kappa shape index (κ3) is 2.85. The molecule has 29 heavy (non-hydrogen) atoms. The zero-order chi connectivity index (χ0) is 20.1. The number of phenolic OH excluding ortho intramolecular Hbond substituents is 1. The minimum atomic E-state index is -0.189. The number of carbonyl (C=O) groups excluding carboxylic acids is 1. The second-order valence-corrected chi connectivity index (χ2v) is 7.96. The third-order valence-electron chi connectivity index (χ3n) is 6.05. The molecule has 0 amide bonds. The van der Waals surface area contributed by atoms with Crippen molar-refractivity contribution in [3.05, 3.63) is 87.7 Å². The summed E-state index contributed by atoms with van der Waals surface area (Å²) in [6.45, 7) is 3.96. The van der Waals surface area contributed by atoms with Gasteiger partial charge in [-0.05, 0) is 37.5 Å². The van der Waals surface area contributed by atoms with Gasteiger partial charge in [0.2, 0.25) is 5.88 Å². The number of para-hydroxylation sites is 1. The number of Topliss-reactive ketones (excluding diaryl/α,β-unsaturated/α-hetero) is 1. The molecule has 2 heterocycles. The fourth-order valence-corrected chi connectivity index (χ4v) is 4.62. The molecule has 2 aromatic carbocycles. The Morgan fingerprint density at radius 1 is 1.07 bits per heavy atom. The Morgan fingerprint density at radius 2 is 1.83 bits per heavy atom. The Labute approximate surface area is 169 Å². The van der Waals surface area contributed by atoms with Gasteiger partial charge in [0.15, 0.2) is 5.78 Å². The minimum Gasteiger partial charge on any atom is -0.508 e. The minimum absolute atomic E-state index is 0.0702. The van der Waals surface area contributed by atoms with Gasteiger partial charge >= 0.3 is 0 Å². The maximum atomic E-state index is 13.4. The van der Waals surface area contributed by atoms with Gasteiger partial charge in [0.05, 0.1) is 11.3 Å². The predicted molar refractivity (Wildman–Crippen MR) is 110 cm³/mol. The third-order valence-corrected chi connectivity index (χ3v) is 6.05. The highest BCUT2D eigenvalue weighted by Crippen LogP contribution is 2.49. The van der Waals surface area contributed by atoms with Crippen molar-refractivity contribution in [1.82, 2.24) is 5.16 Å². The van der Waals surface area contributed by atoms with E-state index < -0.39 is 0 Å². The summed E-state index contributed by atoms with van der Waals surface area (Å²) >= 11 is 0. The van der Waals surface area contributed by atoms with Crippen LogP contribution >= 0.6 is 0 Å². The highest BCUT2D eigenvalue weighted by molar-refractivity contribution is 6.01. The number of carbonyl (C=O) groups is 1. The van der Waals surface area contributed by atoms with Gasteiger partial charge in [0.1, 0.15) is 5.75 Å². The summed E-state index contributed by atoms with van der Waals surface area (Å²) in [5, 5.41) is 17.8. The van der Waals surface area contributed by atoms with Crippen molar-refractivity contribution < 1.29 is 14.4 Å². The van der Waals surface area contributed by atoms with E-state index in [0.717, 1.165) is 33.7 Å². The summed E-state index contributed by atoms with van der Waals surface area (Å²) < 4.78 is 5.56. The van der Waals surface area contributed by atoms with Gasteiger partial charge in [-0.25, -0.2) is 0 Å². The molecule has 0 radical (unpaired) electrons. The number of hydrogen-bond donors (Lipinski definition) is 2. The van der Waals surface area contributed by atoms with Crippen LogP contribution in [0.5, 0.6) is 5.75 Å². The number of aromatic nitrogens is 1. The number of rotatable bonds is 2. The lowest BCUT2D eigenvalue weighted by Crippen LogP contribution is -2.29. The molecule has 2 atom stereocenters. The number of aromatic hydroxyl groups is 1. The molecule has 0 unspecified atom stereocenters. The Balaban J connectivity index is 1.63. The normalized spacial score (nSPS) is 20.8. The molecule has 5 heteroatoms. The van der Waals surface area contributed by atoms with Crippen molar-refractivity contribution in [3.63, 3.8) is 0 Å². The van der Waals surface area contributed by atoms with Crippen LogP contribution in [-0.4, -0.2) is 16.0 Å². The molecule has 0 saturated carbocycles. The quantitative estimate of drug-likeness (QED) is 0.651. The van der Waals surface area contributed by atoms with Gasteiger partial charge in [0, 0.05) is 29.5 Å². The average molecular weight is 386 g/mol. The van der Waals surface area contributed by atoms with Crippen LogP contribution in [-0.2, 0) is 4.79 Å². The van der Waals surface area contributed by atoms with E-state index in [1.54, 1.807) is 12.1 Å². The van der Waals surface area contributed by atoms with Gasteiger partial charge in [0.25, 0.3) is 0 Å². The molecular weight excluding hydrogens is 364 g/mol. The molecule has 2 aliphatic rings. The van der Waals surface area contributed by atoms with E-state index in [0.29, 0.717) is 18.7 Å². The highest BCUT2D eigenvalue weighted by atomic mass is 16.5. The Hall–Kier alpha value is -3.34. The number of anilines is 1. The van der Waals surface area contributed by atoms with E-state index in [4.69, 9.17) is 4.52 Å². The fraction of sp³-hybridized carbons (Fsp3) is 0.250. The number of allylic oxidation sites excluding steroid dienone is 2. The van der Waals surface area contributed by atoms with Gasteiger partial charge in [-0.1, -0.05) is 53.2 Å². The molecule has 0 bridgehead atoms. The van der Waals surface area contributed by atoms with Gasteiger partial charge in [-0.15, -0.1) is 0 Å². The van der Waals surface area contributed by atoms with Crippen LogP contribution in [0.3, 0.4) is 0 Å². The van der Waals surface area contributed by atoms with E-state index in [1.165, 1.54) is 5.56 Å². The first-order valence-corrected chi connectivity index (χ1v) is 9.87. The Morgan fingerprint density at radius 3 is 2.59 bits per heavy atom. The zero-order valence-corrected chi connectivity index (χ0v) is 16.4. The smallest absolute Gasteiger partial charge is 0.233 e. The first-order chi connectivity index (χ1) is 14.0. The molecule has 146 valence electrons. The second-order valence-electron chi connectivity index (χ2n) is 7.96. The number of fused-ring (bicyclic) bond motifs is 1. The van der Waals surface area contributed by atoms with Crippen molar-refractivity contribution in [2.75, 3.05) is 5.32 Å². The fourth-order valence-electron chi connectivity index (χ4n) is 4.62. The first-order valence-electron chi connectivity index (χ1n) is 9.87. The SMILES string of the molecule is Cc1ccc([C@H]2C3=C(C[C@@H](c4ccccc4O)CC3=O)Nc3onc(C)c32)cc1. The number of phenols is 1. The summed E-state index contributed by atoms with van der Waals surface area (Å²) in [4.78, 5) is 13.4. The molecule has 0 saturated heterocycles. The summed E-state index contributed by atoms with van der Waals surface area (Å²) in [6.07, 6.45) is 1.01. The number of hydrogen-bond acceptors (Lipinski definition) is 5. The van der Waals surface area contributed by atoms with Crippen LogP contribution < -0.4 is 5.32 Å². The average Bonchev–Trinajstić information content (AvgIpc) is 3.08. The number of aryl methyl sites for hydroxylation is 2. The number of ketones is 1. The lowest BCUT2D eigenvalue weighted by atomic mass is 9.72. The lowest BCUT2D eigenvalue weighted by Gasteiger charge is -2.34. The Kier molecular flexibility index (Phi) is 4.05. The topological polar surface area (TPSA) is 75.4 Å². The molecule has 3 aromatic rings. The van der Waals surface area contributed by atoms with Crippen molar-refractivity contribution in [2.24, 2.45) is 0 Å². The standard InChI is InChI=1S/C24H22N2O3/c1-13-7-9-15(10-8-13)22-21-14(2)26-29-24(21)25-18-11-16(12-20(28)23(18)22)17-5-3-4-6-19(17)27/h3-10,16,22,25,27H,11-12H2,1-2H3/t16-,22-/m1/s1. The largest absolute Gasteiger partial charge is 0.508 e. The predicted octanol–water partition coefficient (Wildman–Crippen LogP) is 4.96. The van der Waals surface area contributed by atoms with Crippen molar-refractivity contribution in [3.8, 4) is 5.75 Å². The van der Waals surface area contributed by atoms with E-state index in [9.17, 15) is 9.90 Å². The molecule has 1 aromatic heterocycles. The molecule has 5 nitrogen and oxygen atoms in total. The van der Waals surface area contributed by atoms with Crippen LogP contribution in [0.25, 0.3) is 0 Å². The number of nitrogens with zero attached hydrogens (tertiary/aromatic N) is 1. The maximum Gasteiger partial charge on any atom is 0.233 e. The van der Waals surface area contributed by atoms with Crippen LogP contribution in [0.4, 0.5) is 5.88 Å². The molecule has 0 spiro atoms. The lowest BCUT2D eigenvalue weighted by molar-refractivity contribution is -0.116. The van der Waals surface area contributed by atoms with E-state index in [1.807, 2.05) is 19.1 Å². The van der Waals surface area contributed by atoms with Crippen LogP contribution in [0.1, 0.15) is 52.6 Å². The van der Waals surface area contributed by atoms with E-state index in [2.05, 4.69) is 41.7 Å². The van der Waals surface area contributed by atoms with Crippen molar-refractivity contribution >= 4 is 11.7 Å². The molecule has 2 N–H and O–H groups in total. The van der Waals surface area contributed by atoms with Gasteiger partial charge in [-0.3, -0.25) is 4.79 Å². The molecule has 1 aliphatic carbocycles. The Bertz CT molecular complexity index is 1140. The molecule has 5 rings (SSSR count). The van der Waals surface area contributed by atoms with E-state index >= 15 is 0 Å². The van der Waals surface area contributed by atoms with Crippen molar-refractivity contribution in [2.45, 2.75) is 38.5 Å². The summed E-state index contributed by atoms with van der Waals surface area (Å²) in [7, 11) is 0. The van der Waals surface area contributed by atoms with E-state index in [-0.39, 0.29) is 23.4 Å². The van der Waals surface area contributed by atoms with Crippen LogP contribution in [0.2, 0.25) is 0 Å². The van der Waals surface area contributed by atoms with Crippen LogP contribution in [0.15, 0.2) is 64.3 Å². The summed E-state index contributed by atoms with van der Waals surface area (Å²) in [5.41, 5.74) is 6.42. The monoisotopic (exact) mass is 386 g/mol. The number of benzene rings is 2. The molecular formula is C24H22N2O3. The van der Waals surface area contributed by atoms with Gasteiger partial charge < -0.3 is 14.9 Å².